The molecule has 0 amide bonds. The number of nitrogen functional groups attached to an aromatic ring is 1. The highest BCUT2D eigenvalue weighted by molar-refractivity contribution is 5.84. The Morgan fingerprint density at radius 3 is 2.37 bits per heavy atom. The third-order valence-electron chi connectivity index (χ3n) is 5.57. The lowest BCUT2D eigenvalue weighted by atomic mass is 9.96. The zero-order chi connectivity index (χ0) is 21.1. The molecule has 1 aliphatic heterocycles. The number of aromatic nitrogens is 2. The number of benzene rings is 1. The van der Waals surface area contributed by atoms with E-state index >= 15 is 0 Å². The molecule has 0 spiro atoms. The number of rotatable bonds is 4. The van der Waals surface area contributed by atoms with Crippen LogP contribution in [0, 0.1) is 17.1 Å². The number of hydrogen-bond donors (Lipinski definition) is 1. The van der Waals surface area contributed by atoms with Crippen molar-refractivity contribution in [2.75, 3.05) is 36.8 Å². The van der Waals surface area contributed by atoms with Crippen LogP contribution in [0.5, 0.6) is 0 Å². The minimum Gasteiger partial charge on any atom is -0.383 e. The Balaban J connectivity index is 1.53. The van der Waals surface area contributed by atoms with Gasteiger partial charge in [-0.2, -0.15) is 5.26 Å². The lowest BCUT2D eigenvalue weighted by Crippen LogP contribution is -2.51. The number of nitrogens with two attached hydrogens (primary N) is 1. The molecule has 1 aromatic carbocycles. The molecule has 2 aromatic rings. The van der Waals surface area contributed by atoms with Crippen LogP contribution >= 0.6 is 0 Å². The fourth-order valence-corrected chi connectivity index (χ4v) is 3.97. The molecule has 1 fully saturated rings. The van der Waals surface area contributed by atoms with Crippen LogP contribution < -0.4 is 10.6 Å². The molecule has 1 saturated heterocycles. The molecule has 0 saturated carbocycles. The van der Waals surface area contributed by atoms with Gasteiger partial charge in [-0.15, -0.1) is 0 Å². The van der Waals surface area contributed by atoms with Crippen LogP contribution in [0.4, 0.5) is 20.4 Å². The molecular weight excluding hydrogens is 386 g/mol. The number of allylic oxidation sites excluding steroid dienone is 3. The number of halogens is 2. The number of hydrogen-bond acceptors (Lipinski definition) is 6. The summed E-state index contributed by atoms with van der Waals surface area (Å²) in [6.45, 7) is 2.63. The first-order valence-electron chi connectivity index (χ1n) is 9.87. The van der Waals surface area contributed by atoms with Crippen molar-refractivity contribution in [3.05, 3.63) is 60.0 Å². The Morgan fingerprint density at radius 2 is 1.73 bits per heavy atom. The summed E-state index contributed by atoms with van der Waals surface area (Å²) in [7, 11) is 0. The van der Waals surface area contributed by atoms with E-state index in [2.05, 4.69) is 25.8 Å². The second kappa shape index (κ2) is 8.59. The Bertz CT molecular complexity index is 1020. The SMILES string of the molecule is N#CC(C1=CC=C(F)CC1)N1CCN(c2ncnc(N)c2-c2ccc(F)cc2)CC1. The van der Waals surface area contributed by atoms with Crippen molar-refractivity contribution >= 4 is 11.6 Å². The molecule has 0 radical (unpaired) electrons. The summed E-state index contributed by atoms with van der Waals surface area (Å²) < 4.78 is 26.7. The lowest BCUT2D eigenvalue weighted by Gasteiger charge is -2.39. The summed E-state index contributed by atoms with van der Waals surface area (Å²) in [6.07, 6.45) is 5.54. The van der Waals surface area contributed by atoms with Crippen molar-refractivity contribution < 1.29 is 8.78 Å². The van der Waals surface area contributed by atoms with Crippen LogP contribution in [0.15, 0.2) is 54.1 Å². The smallest absolute Gasteiger partial charge is 0.142 e. The van der Waals surface area contributed by atoms with E-state index in [0.29, 0.717) is 56.2 Å². The fraction of sp³-hybridized carbons (Fsp3) is 0.318. The maximum absolute atomic E-state index is 13.4. The minimum atomic E-state index is -0.358. The molecule has 0 bridgehead atoms. The molecule has 1 unspecified atom stereocenters. The van der Waals surface area contributed by atoms with Crippen LogP contribution in [0.25, 0.3) is 11.1 Å². The van der Waals surface area contributed by atoms with Crippen LogP contribution in [-0.2, 0) is 0 Å². The van der Waals surface area contributed by atoms with Gasteiger partial charge in [0.1, 0.15) is 35.6 Å². The molecular formula is C22H22F2N6. The van der Waals surface area contributed by atoms with E-state index in [1.165, 1.54) is 24.5 Å². The first-order valence-corrected chi connectivity index (χ1v) is 9.87. The molecule has 1 aliphatic carbocycles. The van der Waals surface area contributed by atoms with E-state index in [0.717, 1.165) is 11.1 Å². The van der Waals surface area contributed by atoms with Crippen LogP contribution in [0.1, 0.15) is 12.8 Å². The van der Waals surface area contributed by atoms with Crippen molar-refractivity contribution in [2.45, 2.75) is 18.9 Å². The molecule has 2 aliphatic rings. The molecule has 6 nitrogen and oxygen atoms in total. The zero-order valence-electron chi connectivity index (χ0n) is 16.4. The second-order valence-corrected chi connectivity index (χ2v) is 7.37. The van der Waals surface area contributed by atoms with Crippen molar-refractivity contribution in [3.8, 4) is 17.2 Å². The van der Waals surface area contributed by atoms with Crippen LogP contribution in [-0.4, -0.2) is 47.1 Å². The van der Waals surface area contributed by atoms with Gasteiger partial charge in [-0.1, -0.05) is 18.2 Å². The lowest BCUT2D eigenvalue weighted by molar-refractivity contribution is 0.237. The van der Waals surface area contributed by atoms with E-state index < -0.39 is 0 Å². The van der Waals surface area contributed by atoms with E-state index in [-0.39, 0.29) is 17.7 Å². The predicted octanol–water partition coefficient (Wildman–Crippen LogP) is 3.45. The molecule has 1 atom stereocenters. The second-order valence-electron chi connectivity index (χ2n) is 7.37. The number of nitriles is 1. The first kappa shape index (κ1) is 20.0. The van der Waals surface area contributed by atoms with Gasteiger partial charge in [-0.25, -0.2) is 18.7 Å². The molecule has 8 heteroatoms. The van der Waals surface area contributed by atoms with Crippen molar-refractivity contribution in [2.24, 2.45) is 0 Å². The summed E-state index contributed by atoms with van der Waals surface area (Å²) in [5, 5.41) is 9.70. The normalized spacial score (nSPS) is 18.4. The van der Waals surface area contributed by atoms with E-state index in [1.54, 1.807) is 18.2 Å². The summed E-state index contributed by atoms with van der Waals surface area (Å²) in [5.41, 5.74) is 8.52. The van der Waals surface area contributed by atoms with Gasteiger partial charge in [0.15, 0.2) is 0 Å². The van der Waals surface area contributed by atoms with Gasteiger partial charge < -0.3 is 10.6 Å². The number of piperazine rings is 1. The van der Waals surface area contributed by atoms with Crippen LogP contribution in [0.3, 0.4) is 0 Å². The number of anilines is 2. The quantitative estimate of drug-likeness (QED) is 0.835. The van der Waals surface area contributed by atoms with Gasteiger partial charge in [0, 0.05) is 32.6 Å². The molecule has 2 heterocycles. The van der Waals surface area contributed by atoms with Gasteiger partial charge in [0.25, 0.3) is 0 Å². The van der Waals surface area contributed by atoms with Gasteiger partial charge in [0.2, 0.25) is 0 Å². The van der Waals surface area contributed by atoms with Gasteiger partial charge in [-0.3, -0.25) is 4.90 Å². The Hall–Kier alpha value is -3.31. The predicted molar refractivity (Wildman–Crippen MR) is 112 cm³/mol. The Labute approximate surface area is 173 Å². The molecule has 4 rings (SSSR count). The van der Waals surface area contributed by atoms with Crippen molar-refractivity contribution in [1.29, 1.82) is 5.26 Å². The standard InChI is InChI=1S/C22H22F2N6/c23-17-5-1-15(2-6-17)19(13-25)29-9-11-30(12-10-29)22-20(21(26)27-14-28-22)16-3-7-18(24)8-4-16/h1,3-5,7-8,14,19H,2,6,9-12H2,(H2,26,27,28). The largest absolute Gasteiger partial charge is 0.383 e. The molecule has 154 valence electrons. The highest BCUT2D eigenvalue weighted by atomic mass is 19.1. The Morgan fingerprint density at radius 1 is 1.00 bits per heavy atom. The fourth-order valence-electron chi connectivity index (χ4n) is 3.97. The van der Waals surface area contributed by atoms with Crippen LogP contribution in [0.2, 0.25) is 0 Å². The third-order valence-corrected chi connectivity index (χ3v) is 5.57. The maximum Gasteiger partial charge on any atom is 0.142 e. The van der Waals surface area contributed by atoms with Gasteiger partial charge >= 0.3 is 0 Å². The monoisotopic (exact) mass is 408 g/mol. The molecule has 30 heavy (non-hydrogen) atoms. The number of nitrogens with zero attached hydrogens (tertiary/aromatic N) is 5. The highest BCUT2D eigenvalue weighted by Gasteiger charge is 2.29. The van der Waals surface area contributed by atoms with Gasteiger partial charge in [-0.05, 0) is 35.8 Å². The van der Waals surface area contributed by atoms with E-state index in [1.807, 2.05) is 0 Å². The van der Waals surface area contributed by atoms with Gasteiger partial charge in [0.05, 0.1) is 11.6 Å². The van der Waals surface area contributed by atoms with E-state index in [9.17, 15) is 14.0 Å². The van der Waals surface area contributed by atoms with Crippen molar-refractivity contribution in [3.63, 3.8) is 0 Å². The summed E-state index contributed by atoms with van der Waals surface area (Å²) in [4.78, 5) is 12.8. The molecule has 1 aromatic heterocycles. The summed E-state index contributed by atoms with van der Waals surface area (Å²) in [6, 6.07) is 8.11. The highest BCUT2D eigenvalue weighted by Crippen LogP contribution is 2.34. The Kier molecular flexibility index (Phi) is 5.72. The van der Waals surface area contributed by atoms with E-state index in [4.69, 9.17) is 5.73 Å². The third kappa shape index (κ3) is 4.02. The maximum atomic E-state index is 13.4. The van der Waals surface area contributed by atoms with Crippen molar-refractivity contribution in [1.82, 2.24) is 14.9 Å². The molecule has 2 N–H and O–H groups in total. The minimum absolute atomic E-state index is 0.144. The average molecular weight is 408 g/mol. The average Bonchev–Trinajstić information content (AvgIpc) is 2.77. The summed E-state index contributed by atoms with van der Waals surface area (Å²) in [5.74, 6) is 0.572. The topological polar surface area (TPSA) is 82.1 Å². The summed E-state index contributed by atoms with van der Waals surface area (Å²) >= 11 is 0. The zero-order valence-corrected chi connectivity index (χ0v) is 16.4. The first-order chi connectivity index (χ1) is 14.6.